The number of rotatable bonds is 8. The molecule has 1 rings (SSSR count). The summed E-state index contributed by atoms with van der Waals surface area (Å²) in [6.45, 7) is 2.66. The van der Waals surface area contributed by atoms with Gasteiger partial charge >= 0.3 is 10.2 Å². The summed E-state index contributed by atoms with van der Waals surface area (Å²) in [5.74, 6) is -0.568. The quantitative estimate of drug-likeness (QED) is 0.755. The summed E-state index contributed by atoms with van der Waals surface area (Å²) < 4.78 is 41.5. The number of nitrogens with zero attached hydrogens (tertiary/aromatic N) is 1. The third-order valence-corrected chi connectivity index (χ3v) is 4.04. The van der Waals surface area contributed by atoms with Crippen molar-refractivity contribution in [2.75, 3.05) is 23.9 Å². The molecular formula is C12H20FN3O2S. The Morgan fingerprint density at radius 2 is 2.05 bits per heavy atom. The van der Waals surface area contributed by atoms with Gasteiger partial charge in [0.1, 0.15) is 5.82 Å². The summed E-state index contributed by atoms with van der Waals surface area (Å²) >= 11 is 0. The van der Waals surface area contributed by atoms with Crippen LogP contribution in [0.25, 0.3) is 0 Å². The summed E-state index contributed by atoms with van der Waals surface area (Å²) in [6, 6.07) is 5.80. The summed E-state index contributed by atoms with van der Waals surface area (Å²) in [4.78, 5) is 0. The van der Waals surface area contributed by atoms with Gasteiger partial charge in [0.2, 0.25) is 0 Å². The zero-order valence-electron chi connectivity index (χ0n) is 11.0. The largest absolute Gasteiger partial charge is 0.330 e. The Kier molecular flexibility index (Phi) is 6.20. The minimum Gasteiger partial charge on any atom is -0.330 e. The second-order valence-electron chi connectivity index (χ2n) is 4.07. The number of hydrogen-bond donors (Lipinski definition) is 2. The number of hydrogen-bond acceptors (Lipinski definition) is 3. The van der Waals surface area contributed by atoms with Crippen molar-refractivity contribution in [3.8, 4) is 0 Å². The van der Waals surface area contributed by atoms with Crippen molar-refractivity contribution in [2.45, 2.75) is 19.8 Å². The Balaban J connectivity index is 3.04. The summed E-state index contributed by atoms with van der Waals surface area (Å²) in [6.07, 6.45) is 1.13. The van der Waals surface area contributed by atoms with Gasteiger partial charge in [0.05, 0.1) is 5.69 Å². The van der Waals surface area contributed by atoms with E-state index >= 15 is 0 Å². The second-order valence-corrected chi connectivity index (χ2v) is 5.74. The maximum Gasteiger partial charge on any atom is 0.301 e. The summed E-state index contributed by atoms with van der Waals surface area (Å²) in [5.41, 5.74) is 5.44. The van der Waals surface area contributed by atoms with E-state index in [4.69, 9.17) is 5.73 Å². The monoisotopic (exact) mass is 289 g/mol. The third-order valence-electron chi connectivity index (χ3n) is 2.51. The van der Waals surface area contributed by atoms with E-state index in [1.807, 2.05) is 6.92 Å². The van der Waals surface area contributed by atoms with E-state index in [0.29, 0.717) is 25.9 Å². The van der Waals surface area contributed by atoms with Gasteiger partial charge < -0.3 is 5.73 Å². The molecule has 0 amide bonds. The standard InChI is InChI=1S/C12H20FN3O2S/c1-2-9-15-19(17,18)16(10-5-8-14)12-7-4-3-6-11(12)13/h3-4,6-7,15H,2,5,8-10,14H2,1H3. The van der Waals surface area contributed by atoms with Crippen LogP contribution >= 0.6 is 0 Å². The Bertz CT molecular complexity index is 494. The minimum atomic E-state index is -3.74. The first-order valence-electron chi connectivity index (χ1n) is 6.25. The van der Waals surface area contributed by atoms with Crippen molar-refractivity contribution < 1.29 is 12.8 Å². The molecule has 0 bridgehead atoms. The molecule has 0 unspecified atom stereocenters. The average molecular weight is 289 g/mol. The van der Waals surface area contributed by atoms with E-state index in [2.05, 4.69) is 4.72 Å². The van der Waals surface area contributed by atoms with Crippen LogP contribution in [-0.2, 0) is 10.2 Å². The predicted octanol–water partition coefficient (Wildman–Crippen LogP) is 1.23. The molecule has 0 saturated carbocycles. The van der Waals surface area contributed by atoms with Gasteiger partial charge in [-0.2, -0.15) is 13.1 Å². The average Bonchev–Trinajstić information content (AvgIpc) is 2.38. The van der Waals surface area contributed by atoms with Gasteiger partial charge in [0, 0.05) is 13.1 Å². The van der Waals surface area contributed by atoms with Gasteiger partial charge in [-0.3, -0.25) is 4.31 Å². The van der Waals surface area contributed by atoms with E-state index in [-0.39, 0.29) is 12.2 Å². The first kappa shape index (κ1) is 15.9. The van der Waals surface area contributed by atoms with Crippen LogP contribution in [0, 0.1) is 5.82 Å². The fraction of sp³-hybridized carbons (Fsp3) is 0.500. The Morgan fingerprint density at radius 1 is 1.37 bits per heavy atom. The molecule has 1 aromatic carbocycles. The van der Waals surface area contributed by atoms with Crippen molar-refractivity contribution in [3.63, 3.8) is 0 Å². The lowest BCUT2D eigenvalue weighted by Gasteiger charge is -2.24. The molecule has 0 spiro atoms. The molecule has 7 heteroatoms. The maximum absolute atomic E-state index is 13.8. The van der Waals surface area contributed by atoms with Crippen LogP contribution in [-0.4, -0.2) is 28.1 Å². The molecule has 0 aromatic heterocycles. The van der Waals surface area contributed by atoms with Crippen molar-refractivity contribution in [1.82, 2.24) is 4.72 Å². The lowest BCUT2D eigenvalue weighted by atomic mass is 10.3. The van der Waals surface area contributed by atoms with E-state index in [0.717, 1.165) is 4.31 Å². The molecule has 0 heterocycles. The van der Waals surface area contributed by atoms with Crippen LogP contribution in [0.15, 0.2) is 24.3 Å². The zero-order valence-corrected chi connectivity index (χ0v) is 11.8. The number of benzene rings is 1. The maximum atomic E-state index is 13.8. The third kappa shape index (κ3) is 4.45. The summed E-state index contributed by atoms with van der Waals surface area (Å²) in [5, 5.41) is 0. The summed E-state index contributed by atoms with van der Waals surface area (Å²) in [7, 11) is -3.74. The molecule has 0 fully saturated rings. The van der Waals surface area contributed by atoms with Gasteiger partial charge in [-0.15, -0.1) is 0 Å². The van der Waals surface area contributed by atoms with Crippen LogP contribution in [0.1, 0.15) is 19.8 Å². The lowest BCUT2D eigenvalue weighted by Crippen LogP contribution is -2.42. The first-order valence-corrected chi connectivity index (χ1v) is 7.69. The van der Waals surface area contributed by atoms with Crippen molar-refractivity contribution in [2.24, 2.45) is 5.73 Å². The first-order chi connectivity index (χ1) is 9.03. The Hall–Kier alpha value is -1.18. The normalized spacial score (nSPS) is 11.5. The number of anilines is 1. The SMILES string of the molecule is CCCNS(=O)(=O)N(CCCN)c1ccccc1F. The van der Waals surface area contributed by atoms with Crippen LogP contribution in [0.2, 0.25) is 0 Å². The number of nitrogens with two attached hydrogens (primary N) is 1. The molecule has 0 aliphatic heterocycles. The van der Waals surface area contributed by atoms with Gasteiger partial charge in [-0.1, -0.05) is 19.1 Å². The van der Waals surface area contributed by atoms with E-state index in [1.54, 1.807) is 6.07 Å². The van der Waals surface area contributed by atoms with Gasteiger partial charge in [-0.05, 0) is 31.5 Å². The van der Waals surface area contributed by atoms with Crippen LogP contribution in [0.5, 0.6) is 0 Å². The molecule has 0 aliphatic carbocycles. The molecule has 1 aromatic rings. The van der Waals surface area contributed by atoms with Crippen LogP contribution < -0.4 is 14.8 Å². The second kappa shape index (κ2) is 7.42. The van der Waals surface area contributed by atoms with E-state index in [9.17, 15) is 12.8 Å². The van der Waals surface area contributed by atoms with Crippen molar-refractivity contribution in [1.29, 1.82) is 0 Å². The zero-order chi connectivity index (χ0) is 14.3. The van der Waals surface area contributed by atoms with Crippen LogP contribution in [0.4, 0.5) is 10.1 Å². The highest BCUT2D eigenvalue weighted by molar-refractivity contribution is 7.90. The highest BCUT2D eigenvalue weighted by Gasteiger charge is 2.23. The lowest BCUT2D eigenvalue weighted by molar-refractivity contribution is 0.569. The number of halogens is 1. The topological polar surface area (TPSA) is 75.4 Å². The molecule has 5 nitrogen and oxygen atoms in total. The highest BCUT2D eigenvalue weighted by Crippen LogP contribution is 2.21. The van der Waals surface area contributed by atoms with E-state index in [1.165, 1.54) is 18.2 Å². The number of nitrogens with one attached hydrogen (secondary N) is 1. The van der Waals surface area contributed by atoms with Gasteiger partial charge in [0.25, 0.3) is 0 Å². The van der Waals surface area contributed by atoms with Crippen molar-refractivity contribution >= 4 is 15.9 Å². The minimum absolute atomic E-state index is 0.0413. The van der Waals surface area contributed by atoms with Crippen molar-refractivity contribution in [3.05, 3.63) is 30.1 Å². The molecule has 108 valence electrons. The fourth-order valence-corrected chi connectivity index (χ4v) is 2.96. The molecular weight excluding hydrogens is 269 g/mol. The van der Waals surface area contributed by atoms with Gasteiger partial charge in [-0.25, -0.2) is 4.39 Å². The highest BCUT2D eigenvalue weighted by atomic mass is 32.2. The van der Waals surface area contributed by atoms with Gasteiger partial charge in [0.15, 0.2) is 0 Å². The van der Waals surface area contributed by atoms with Crippen LogP contribution in [0.3, 0.4) is 0 Å². The molecule has 0 saturated heterocycles. The molecule has 19 heavy (non-hydrogen) atoms. The molecule has 0 aliphatic rings. The molecule has 3 N–H and O–H groups in total. The Morgan fingerprint density at radius 3 is 2.63 bits per heavy atom. The molecule has 0 atom stereocenters. The predicted molar refractivity (Wildman–Crippen MR) is 74.6 cm³/mol. The smallest absolute Gasteiger partial charge is 0.301 e. The van der Waals surface area contributed by atoms with E-state index < -0.39 is 16.0 Å². The number of para-hydroxylation sites is 1. The molecule has 0 radical (unpaired) electrons. The Labute approximate surface area is 113 Å². The fourth-order valence-electron chi connectivity index (χ4n) is 1.57.